The Hall–Kier alpha value is -2.54. The highest BCUT2D eigenvalue weighted by atomic mass is 32.2. The zero-order chi connectivity index (χ0) is 14.0. The van der Waals surface area contributed by atoms with Crippen LogP contribution in [0.4, 0.5) is 5.82 Å². The third-order valence-corrected chi connectivity index (χ3v) is 4.06. The van der Waals surface area contributed by atoms with E-state index < -0.39 is 10.0 Å². The summed E-state index contributed by atoms with van der Waals surface area (Å²) in [5.74, 6) is 0.146. The molecule has 0 spiro atoms. The quantitative estimate of drug-likeness (QED) is 0.772. The molecule has 3 rings (SSSR count). The summed E-state index contributed by atoms with van der Waals surface area (Å²) in [6, 6.07) is 12.5. The fraction of sp³-hybridized carbons (Fsp3) is 0. The minimum absolute atomic E-state index is 0.138. The molecule has 2 aromatic heterocycles. The predicted molar refractivity (Wildman–Crippen MR) is 73.5 cm³/mol. The van der Waals surface area contributed by atoms with Gasteiger partial charge < -0.3 is 9.51 Å². The minimum Gasteiger partial charge on any atom is -0.363 e. The summed E-state index contributed by atoms with van der Waals surface area (Å²) in [6.07, 6.45) is 2.73. The minimum atomic E-state index is -3.67. The Balaban J connectivity index is 1.90. The lowest BCUT2D eigenvalue weighted by molar-refractivity contribution is 0.423. The molecule has 0 aliphatic carbocycles. The van der Waals surface area contributed by atoms with Crippen LogP contribution in [0, 0.1) is 0 Å². The van der Waals surface area contributed by atoms with Gasteiger partial charge in [-0.15, -0.1) is 0 Å². The predicted octanol–water partition coefficient (Wildman–Crippen LogP) is 2.47. The van der Waals surface area contributed by atoms with Crippen molar-refractivity contribution >= 4 is 15.8 Å². The Labute approximate surface area is 115 Å². The van der Waals surface area contributed by atoms with Crippen molar-refractivity contribution in [2.75, 3.05) is 4.72 Å². The van der Waals surface area contributed by atoms with E-state index in [1.807, 2.05) is 30.3 Å². The number of aromatic nitrogens is 2. The lowest BCUT2D eigenvalue weighted by Crippen LogP contribution is -2.12. The summed E-state index contributed by atoms with van der Waals surface area (Å²) in [4.78, 5) is 3.08. The number of hydrogen-bond donors (Lipinski definition) is 2. The molecule has 0 aliphatic rings. The van der Waals surface area contributed by atoms with Gasteiger partial charge in [-0.3, -0.25) is 4.72 Å². The number of rotatable bonds is 4. The first-order chi connectivity index (χ1) is 9.65. The molecular formula is C13H11N3O3S. The second-order valence-electron chi connectivity index (χ2n) is 4.11. The smallest absolute Gasteiger partial charge is 0.264 e. The van der Waals surface area contributed by atoms with Crippen LogP contribution in [0.25, 0.3) is 11.3 Å². The molecule has 6 nitrogen and oxygen atoms in total. The highest BCUT2D eigenvalue weighted by Crippen LogP contribution is 2.22. The van der Waals surface area contributed by atoms with Crippen molar-refractivity contribution in [1.82, 2.24) is 10.1 Å². The standard InChI is InChI=1S/C13H11N3O3S/c17-20(18,16-13-6-7-19-15-13)11-8-12(14-9-11)10-4-2-1-3-5-10/h1-9,14H,(H,15,16). The zero-order valence-electron chi connectivity index (χ0n) is 10.3. The van der Waals surface area contributed by atoms with Crippen molar-refractivity contribution < 1.29 is 12.9 Å². The number of hydrogen-bond acceptors (Lipinski definition) is 4. The monoisotopic (exact) mass is 289 g/mol. The molecular weight excluding hydrogens is 278 g/mol. The van der Waals surface area contributed by atoms with E-state index in [4.69, 9.17) is 0 Å². The molecule has 0 aliphatic heterocycles. The van der Waals surface area contributed by atoms with Crippen LogP contribution in [0.5, 0.6) is 0 Å². The molecule has 102 valence electrons. The zero-order valence-corrected chi connectivity index (χ0v) is 11.1. The summed E-state index contributed by atoms with van der Waals surface area (Å²) < 4.78 is 31.2. The normalized spacial score (nSPS) is 11.4. The molecule has 0 radical (unpaired) electrons. The largest absolute Gasteiger partial charge is 0.363 e. The highest BCUT2D eigenvalue weighted by molar-refractivity contribution is 7.92. The summed E-state index contributed by atoms with van der Waals surface area (Å²) in [6.45, 7) is 0. The maximum Gasteiger partial charge on any atom is 0.264 e. The number of H-pyrrole nitrogens is 1. The fourth-order valence-corrected chi connectivity index (χ4v) is 2.76. The Morgan fingerprint density at radius 2 is 1.95 bits per heavy atom. The second-order valence-corrected chi connectivity index (χ2v) is 5.79. The van der Waals surface area contributed by atoms with E-state index >= 15 is 0 Å². The summed E-state index contributed by atoms with van der Waals surface area (Å²) in [5.41, 5.74) is 1.64. The molecule has 3 aromatic rings. The van der Waals surface area contributed by atoms with E-state index in [1.54, 1.807) is 6.07 Å². The van der Waals surface area contributed by atoms with Gasteiger partial charge in [-0.2, -0.15) is 0 Å². The van der Waals surface area contributed by atoms with Gasteiger partial charge in [0.25, 0.3) is 10.0 Å². The van der Waals surface area contributed by atoms with E-state index in [2.05, 4.69) is 19.4 Å². The van der Waals surface area contributed by atoms with Crippen LogP contribution in [0.15, 0.2) is 64.3 Å². The highest BCUT2D eigenvalue weighted by Gasteiger charge is 2.17. The van der Waals surface area contributed by atoms with Crippen LogP contribution >= 0.6 is 0 Å². The third-order valence-electron chi connectivity index (χ3n) is 2.73. The van der Waals surface area contributed by atoms with E-state index in [9.17, 15) is 8.42 Å². The van der Waals surface area contributed by atoms with Gasteiger partial charge in [-0.25, -0.2) is 8.42 Å². The van der Waals surface area contributed by atoms with Crippen molar-refractivity contribution in [3.05, 3.63) is 54.9 Å². The van der Waals surface area contributed by atoms with E-state index in [0.29, 0.717) is 0 Å². The maximum absolute atomic E-state index is 12.1. The van der Waals surface area contributed by atoms with Crippen LogP contribution in [0.2, 0.25) is 0 Å². The molecule has 20 heavy (non-hydrogen) atoms. The van der Waals surface area contributed by atoms with E-state index in [-0.39, 0.29) is 10.7 Å². The number of benzene rings is 1. The number of anilines is 1. The summed E-state index contributed by atoms with van der Waals surface area (Å²) >= 11 is 0. The van der Waals surface area contributed by atoms with Crippen LogP contribution < -0.4 is 4.72 Å². The molecule has 0 amide bonds. The van der Waals surface area contributed by atoms with Crippen LogP contribution in [0.1, 0.15) is 0 Å². The van der Waals surface area contributed by atoms with Crippen molar-refractivity contribution in [2.45, 2.75) is 4.90 Å². The molecule has 7 heteroatoms. The average molecular weight is 289 g/mol. The number of aromatic amines is 1. The van der Waals surface area contributed by atoms with Gasteiger partial charge in [-0.05, 0) is 11.6 Å². The van der Waals surface area contributed by atoms with Gasteiger partial charge in [-0.1, -0.05) is 35.5 Å². The Kier molecular flexibility index (Phi) is 3.03. The lowest BCUT2D eigenvalue weighted by atomic mass is 10.2. The average Bonchev–Trinajstić information content (AvgIpc) is 3.10. The van der Waals surface area contributed by atoms with Crippen molar-refractivity contribution in [1.29, 1.82) is 0 Å². The third kappa shape index (κ3) is 2.43. The van der Waals surface area contributed by atoms with E-state index in [0.717, 1.165) is 11.3 Å². The number of nitrogens with zero attached hydrogens (tertiary/aromatic N) is 1. The fourth-order valence-electron chi connectivity index (χ4n) is 1.78. The molecule has 1 aromatic carbocycles. The van der Waals surface area contributed by atoms with Gasteiger partial charge >= 0.3 is 0 Å². The van der Waals surface area contributed by atoms with Crippen LogP contribution in [-0.2, 0) is 10.0 Å². The molecule has 0 unspecified atom stereocenters. The first-order valence-electron chi connectivity index (χ1n) is 5.82. The molecule has 2 N–H and O–H groups in total. The van der Waals surface area contributed by atoms with Crippen LogP contribution in [-0.4, -0.2) is 18.6 Å². The Bertz CT molecular complexity index is 793. The molecule has 0 atom stereocenters. The van der Waals surface area contributed by atoms with Crippen molar-refractivity contribution in [3.8, 4) is 11.3 Å². The maximum atomic E-state index is 12.1. The van der Waals surface area contributed by atoms with Crippen LogP contribution in [0.3, 0.4) is 0 Å². The number of nitrogens with one attached hydrogen (secondary N) is 2. The molecule has 0 bridgehead atoms. The van der Waals surface area contributed by atoms with Crippen molar-refractivity contribution in [3.63, 3.8) is 0 Å². The van der Waals surface area contributed by atoms with Gasteiger partial charge in [0.05, 0.1) is 0 Å². The molecule has 0 saturated carbocycles. The van der Waals surface area contributed by atoms with E-state index in [1.165, 1.54) is 18.5 Å². The molecule has 0 saturated heterocycles. The second kappa shape index (κ2) is 4.86. The Morgan fingerprint density at radius 3 is 2.65 bits per heavy atom. The lowest BCUT2D eigenvalue weighted by Gasteiger charge is -2.01. The SMILES string of the molecule is O=S(=O)(Nc1ccon1)c1c[nH]c(-c2ccccc2)c1. The van der Waals surface area contributed by atoms with Gasteiger partial charge in [0.1, 0.15) is 11.2 Å². The van der Waals surface area contributed by atoms with Crippen molar-refractivity contribution in [2.24, 2.45) is 0 Å². The summed E-state index contributed by atoms with van der Waals surface area (Å²) in [7, 11) is -3.67. The van der Waals surface area contributed by atoms with Gasteiger partial charge in [0.15, 0.2) is 5.82 Å². The molecule has 0 fully saturated rings. The molecule has 2 heterocycles. The number of sulfonamides is 1. The Morgan fingerprint density at radius 1 is 1.15 bits per heavy atom. The van der Waals surface area contributed by atoms with Gasteiger partial charge in [0.2, 0.25) is 0 Å². The van der Waals surface area contributed by atoms with Gasteiger partial charge in [0, 0.05) is 18.0 Å². The topological polar surface area (TPSA) is 88.0 Å². The summed E-state index contributed by atoms with van der Waals surface area (Å²) in [5, 5.41) is 3.52. The first kappa shape index (κ1) is 12.5. The first-order valence-corrected chi connectivity index (χ1v) is 7.30.